The Balaban J connectivity index is 2.05. The number of carbonyl (C=O) groups is 2. The third-order valence-corrected chi connectivity index (χ3v) is 8.58. The van der Waals surface area contributed by atoms with Gasteiger partial charge in [-0.3, -0.25) is 13.9 Å². The SMILES string of the molecule is CCNC(=O)[C@H](CC)N(Cc1ccc(Cl)c(Cl)c1)C(=O)CN(c1ccc(Cl)cc1)S(=O)(=O)c1ccccc1. The molecule has 0 unspecified atom stereocenters. The fraction of sp³-hybridized carbons (Fsp3) is 0.259. The lowest BCUT2D eigenvalue weighted by Gasteiger charge is -2.33. The lowest BCUT2D eigenvalue weighted by atomic mass is 10.1. The van der Waals surface area contributed by atoms with Crippen LogP contribution in [0.4, 0.5) is 5.69 Å². The average Bonchev–Trinajstić information content (AvgIpc) is 2.90. The molecule has 0 radical (unpaired) electrons. The standard InChI is InChI=1S/C27H28Cl3N3O4S/c1-3-25(27(35)31-4-2)32(17-19-10-15-23(29)24(30)16-19)26(34)18-33(21-13-11-20(28)12-14-21)38(36,37)22-8-6-5-7-9-22/h5-16,25H,3-4,17-18H2,1-2H3,(H,31,35)/t25-/m0/s1. The van der Waals surface area contributed by atoms with Gasteiger partial charge in [0.2, 0.25) is 11.8 Å². The minimum absolute atomic E-state index is 0.0191. The number of carbonyl (C=O) groups excluding carboxylic acids is 2. The quantitative estimate of drug-likeness (QED) is 0.304. The Kier molecular flexibility index (Phi) is 10.4. The maximum atomic E-state index is 13.9. The molecule has 0 aliphatic carbocycles. The largest absolute Gasteiger partial charge is 0.355 e. The smallest absolute Gasteiger partial charge is 0.264 e. The van der Waals surface area contributed by atoms with Crippen molar-refractivity contribution in [3.05, 3.63) is 93.4 Å². The van der Waals surface area contributed by atoms with Gasteiger partial charge in [0, 0.05) is 18.1 Å². The monoisotopic (exact) mass is 595 g/mol. The zero-order chi connectivity index (χ0) is 27.9. The van der Waals surface area contributed by atoms with Crippen LogP contribution in [0.3, 0.4) is 0 Å². The van der Waals surface area contributed by atoms with Crippen LogP contribution in [0.5, 0.6) is 0 Å². The van der Waals surface area contributed by atoms with Crippen LogP contribution >= 0.6 is 34.8 Å². The van der Waals surface area contributed by atoms with Crippen LogP contribution in [-0.2, 0) is 26.2 Å². The van der Waals surface area contributed by atoms with Crippen molar-refractivity contribution < 1.29 is 18.0 Å². The van der Waals surface area contributed by atoms with E-state index < -0.39 is 28.5 Å². The van der Waals surface area contributed by atoms with Gasteiger partial charge >= 0.3 is 0 Å². The highest BCUT2D eigenvalue weighted by atomic mass is 35.5. The van der Waals surface area contributed by atoms with Gasteiger partial charge in [-0.25, -0.2) is 8.42 Å². The summed E-state index contributed by atoms with van der Waals surface area (Å²) < 4.78 is 28.4. The van der Waals surface area contributed by atoms with Crippen molar-refractivity contribution in [1.29, 1.82) is 0 Å². The van der Waals surface area contributed by atoms with Crippen LogP contribution in [0.1, 0.15) is 25.8 Å². The Morgan fingerprint density at radius 3 is 2.13 bits per heavy atom. The number of hydrogen-bond acceptors (Lipinski definition) is 4. The third-order valence-electron chi connectivity index (χ3n) is 5.80. The number of nitrogens with zero attached hydrogens (tertiary/aromatic N) is 2. The summed E-state index contributed by atoms with van der Waals surface area (Å²) in [7, 11) is -4.14. The zero-order valence-electron chi connectivity index (χ0n) is 20.9. The molecular weight excluding hydrogens is 569 g/mol. The van der Waals surface area contributed by atoms with Gasteiger partial charge < -0.3 is 10.2 Å². The summed E-state index contributed by atoms with van der Waals surface area (Å²) in [5, 5.41) is 3.83. The van der Waals surface area contributed by atoms with E-state index in [4.69, 9.17) is 34.8 Å². The number of amides is 2. The summed E-state index contributed by atoms with van der Waals surface area (Å²) in [5.74, 6) is -0.906. The predicted octanol–water partition coefficient (Wildman–Crippen LogP) is 5.79. The average molecular weight is 597 g/mol. The normalized spacial score (nSPS) is 12.0. The number of nitrogens with one attached hydrogen (secondary N) is 1. The van der Waals surface area contributed by atoms with Gasteiger partial charge in [0.05, 0.1) is 20.6 Å². The summed E-state index contributed by atoms with van der Waals surface area (Å²) in [6.07, 6.45) is 0.311. The molecule has 38 heavy (non-hydrogen) atoms. The first-order chi connectivity index (χ1) is 18.1. The molecule has 0 saturated heterocycles. The van der Waals surface area contributed by atoms with E-state index in [1.54, 1.807) is 62.4 Å². The van der Waals surface area contributed by atoms with E-state index >= 15 is 0 Å². The Labute approximate surface area is 238 Å². The molecule has 3 aromatic carbocycles. The molecule has 3 aromatic rings. The first kappa shape index (κ1) is 29.8. The van der Waals surface area contributed by atoms with Crippen molar-refractivity contribution in [3.8, 4) is 0 Å². The van der Waals surface area contributed by atoms with Crippen molar-refractivity contribution in [2.24, 2.45) is 0 Å². The minimum atomic E-state index is -4.14. The first-order valence-electron chi connectivity index (χ1n) is 11.9. The molecule has 0 saturated carbocycles. The second-order valence-corrected chi connectivity index (χ2v) is 11.5. The summed E-state index contributed by atoms with van der Waals surface area (Å²) in [5.41, 5.74) is 0.895. The van der Waals surface area contributed by atoms with E-state index in [9.17, 15) is 18.0 Å². The van der Waals surface area contributed by atoms with Crippen LogP contribution in [0.2, 0.25) is 15.1 Å². The molecule has 0 spiro atoms. The summed E-state index contributed by atoms with van der Waals surface area (Å²) in [4.78, 5) is 28.2. The number of likely N-dealkylation sites (N-methyl/N-ethyl adjacent to an activating group) is 1. The maximum Gasteiger partial charge on any atom is 0.264 e. The maximum absolute atomic E-state index is 13.9. The molecule has 0 aliphatic rings. The van der Waals surface area contributed by atoms with Crippen LogP contribution in [0, 0.1) is 0 Å². The minimum Gasteiger partial charge on any atom is -0.355 e. The molecule has 0 heterocycles. The fourth-order valence-electron chi connectivity index (χ4n) is 3.90. The molecule has 202 valence electrons. The Morgan fingerprint density at radius 2 is 1.55 bits per heavy atom. The van der Waals surface area contributed by atoms with Gasteiger partial charge in [0.25, 0.3) is 10.0 Å². The second-order valence-electron chi connectivity index (χ2n) is 8.39. The van der Waals surface area contributed by atoms with Gasteiger partial charge in [-0.15, -0.1) is 0 Å². The van der Waals surface area contributed by atoms with Gasteiger partial charge in [0.15, 0.2) is 0 Å². The van der Waals surface area contributed by atoms with Crippen LogP contribution in [0.25, 0.3) is 0 Å². The summed E-state index contributed by atoms with van der Waals surface area (Å²) in [6.45, 7) is 3.42. The van der Waals surface area contributed by atoms with Crippen LogP contribution < -0.4 is 9.62 Å². The van der Waals surface area contributed by atoms with Gasteiger partial charge in [0.1, 0.15) is 12.6 Å². The second kappa shape index (κ2) is 13.3. The number of benzene rings is 3. The summed E-state index contributed by atoms with van der Waals surface area (Å²) >= 11 is 18.3. The molecule has 11 heteroatoms. The number of sulfonamides is 1. The highest BCUT2D eigenvalue weighted by molar-refractivity contribution is 7.92. The zero-order valence-corrected chi connectivity index (χ0v) is 24.0. The van der Waals surface area contributed by atoms with Crippen molar-refractivity contribution in [3.63, 3.8) is 0 Å². The Hall–Kier alpha value is -2.78. The first-order valence-corrected chi connectivity index (χ1v) is 14.5. The Bertz CT molecular complexity index is 1370. The van der Waals surface area contributed by atoms with E-state index in [0.717, 1.165) is 4.31 Å². The molecule has 2 amide bonds. The summed E-state index contributed by atoms with van der Waals surface area (Å²) in [6, 6.07) is 18.1. The molecule has 7 nitrogen and oxygen atoms in total. The number of anilines is 1. The fourth-order valence-corrected chi connectivity index (χ4v) is 5.78. The predicted molar refractivity (Wildman–Crippen MR) is 152 cm³/mol. The van der Waals surface area contributed by atoms with E-state index in [-0.39, 0.29) is 23.0 Å². The van der Waals surface area contributed by atoms with E-state index in [1.165, 1.54) is 29.2 Å². The van der Waals surface area contributed by atoms with Crippen LogP contribution in [-0.4, -0.2) is 44.3 Å². The van der Waals surface area contributed by atoms with Crippen molar-refractivity contribution in [2.45, 2.75) is 37.8 Å². The van der Waals surface area contributed by atoms with E-state index in [2.05, 4.69) is 5.32 Å². The molecule has 1 N–H and O–H groups in total. The van der Waals surface area contributed by atoms with Gasteiger partial charge in [-0.2, -0.15) is 0 Å². The number of rotatable bonds is 11. The Morgan fingerprint density at radius 1 is 0.895 bits per heavy atom. The highest BCUT2D eigenvalue weighted by Crippen LogP contribution is 2.27. The third kappa shape index (κ3) is 7.20. The highest BCUT2D eigenvalue weighted by Gasteiger charge is 2.33. The molecular formula is C27H28Cl3N3O4S. The van der Waals surface area contributed by atoms with Crippen molar-refractivity contribution >= 4 is 62.3 Å². The lowest BCUT2D eigenvalue weighted by Crippen LogP contribution is -2.52. The topological polar surface area (TPSA) is 86.8 Å². The molecule has 3 rings (SSSR count). The van der Waals surface area contributed by atoms with E-state index in [0.29, 0.717) is 33.6 Å². The van der Waals surface area contributed by atoms with Crippen molar-refractivity contribution in [2.75, 3.05) is 17.4 Å². The molecule has 0 fully saturated rings. The molecule has 0 aliphatic heterocycles. The van der Waals surface area contributed by atoms with E-state index in [1.807, 2.05) is 0 Å². The number of hydrogen-bond donors (Lipinski definition) is 1. The van der Waals surface area contributed by atoms with Gasteiger partial charge in [-0.05, 0) is 67.4 Å². The number of halogens is 3. The van der Waals surface area contributed by atoms with Gasteiger partial charge in [-0.1, -0.05) is 66.0 Å². The van der Waals surface area contributed by atoms with Crippen LogP contribution in [0.15, 0.2) is 77.7 Å². The molecule has 0 bridgehead atoms. The van der Waals surface area contributed by atoms with Crippen molar-refractivity contribution in [1.82, 2.24) is 10.2 Å². The molecule has 0 aromatic heterocycles. The molecule has 1 atom stereocenters. The lowest BCUT2D eigenvalue weighted by molar-refractivity contribution is -0.140.